The van der Waals surface area contributed by atoms with Crippen molar-refractivity contribution in [3.63, 3.8) is 0 Å². The minimum atomic E-state index is 0.0606. The lowest BCUT2D eigenvalue weighted by Gasteiger charge is -2.17. The second kappa shape index (κ2) is 8.90. The number of benzene rings is 2. The Kier molecular flexibility index (Phi) is 6.33. The number of aryl methyl sites for hydroxylation is 2. The van der Waals surface area contributed by atoms with Gasteiger partial charge in [0, 0.05) is 37.0 Å². The number of amides is 1. The minimum absolute atomic E-state index is 0.0606. The first kappa shape index (κ1) is 19.2. The lowest BCUT2D eigenvalue weighted by Crippen LogP contribution is -2.26. The molecule has 0 aliphatic carbocycles. The zero-order valence-electron chi connectivity index (χ0n) is 16.7. The van der Waals surface area contributed by atoms with Gasteiger partial charge in [-0.25, -0.2) is 0 Å². The van der Waals surface area contributed by atoms with Crippen molar-refractivity contribution in [3.8, 4) is 0 Å². The highest BCUT2D eigenvalue weighted by molar-refractivity contribution is 5.89. The predicted octanol–water partition coefficient (Wildman–Crippen LogP) is 5.27. The molecule has 0 unspecified atom stereocenters. The van der Waals surface area contributed by atoms with E-state index in [9.17, 15) is 4.79 Å². The number of rotatable bonds is 8. The van der Waals surface area contributed by atoms with Crippen LogP contribution in [0, 0.1) is 0 Å². The average molecular weight is 363 g/mol. The normalized spacial score (nSPS) is 12.3. The molecule has 2 aromatic carbocycles. The van der Waals surface area contributed by atoms with Crippen LogP contribution in [0.15, 0.2) is 54.7 Å². The number of aromatic nitrogens is 1. The fraction of sp³-hybridized carbons (Fsp3) is 0.375. The lowest BCUT2D eigenvalue weighted by atomic mass is 9.87. The Morgan fingerprint density at radius 3 is 2.48 bits per heavy atom. The third kappa shape index (κ3) is 4.08. The summed E-state index contributed by atoms with van der Waals surface area (Å²) in [7, 11) is 0. The molecule has 27 heavy (non-hydrogen) atoms. The standard InChI is InChI=1S/C24H30N2O/c1-4-15-25-23(27)16-21(19-11-8-7-9-12-19)22-17-26(6-3)24-18(5-2)13-10-14-20(22)24/h7-14,17,21H,4-6,15-16H2,1-3H3,(H,25,27)/t21-/m0/s1. The van der Waals surface area contributed by atoms with E-state index in [4.69, 9.17) is 0 Å². The van der Waals surface area contributed by atoms with Gasteiger partial charge in [0.15, 0.2) is 0 Å². The van der Waals surface area contributed by atoms with E-state index in [-0.39, 0.29) is 11.8 Å². The van der Waals surface area contributed by atoms with Crippen molar-refractivity contribution in [2.24, 2.45) is 0 Å². The second-order valence-electron chi connectivity index (χ2n) is 7.05. The Morgan fingerprint density at radius 2 is 1.81 bits per heavy atom. The maximum atomic E-state index is 12.6. The molecule has 142 valence electrons. The average Bonchev–Trinajstić information content (AvgIpc) is 3.10. The number of carbonyl (C=O) groups excluding carboxylic acids is 1. The molecular formula is C24H30N2O. The van der Waals surface area contributed by atoms with Crippen molar-refractivity contribution < 1.29 is 4.79 Å². The van der Waals surface area contributed by atoms with Gasteiger partial charge in [-0.05, 0) is 36.5 Å². The minimum Gasteiger partial charge on any atom is -0.356 e. The van der Waals surface area contributed by atoms with Crippen LogP contribution in [-0.2, 0) is 17.8 Å². The molecule has 1 heterocycles. The van der Waals surface area contributed by atoms with Gasteiger partial charge in [-0.1, -0.05) is 62.4 Å². The Labute approximate surface area is 162 Å². The van der Waals surface area contributed by atoms with Gasteiger partial charge in [0.25, 0.3) is 0 Å². The maximum Gasteiger partial charge on any atom is 0.220 e. The molecule has 0 fully saturated rings. The molecular weight excluding hydrogens is 332 g/mol. The van der Waals surface area contributed by atoms with Gasteiger partial charge in [-0.15, -0.1) is 0 Å². The monoisotopic (exact) mass is 362 g/mol. The van der Waals surface area contributed by atoms with Gasteiger partial charge in [-0.2, -0.15) is 0 Å². The van der Waals surface area contributed by atoms with E-state index in [1.165, 1.54) is 27.6 Å². The summed E-state index contributed by atoms with van der Waals surface area (Å²) in [5.74, 6) is 0.181. The maximum absolute atomic E-state index is 12.6. The van der Waals surface area contributed by atoms with Crippen LogP contribution in [0.25, 0.3) is 10.9 Å². The van der Waals surface area contributed by atoms with Crippen LogP contribution in [-0.4, -0.2) is 17.0 Å². The van der Waals surface area contributed by atoms with E-state index >= 15 is 0 Å². The molecule has 3 rings (SSSR count). The summed E-state index contributed by atoms with van der Waals surface area (Å²) in [6, 6.07) is 17.0. The molecule has 1 atom stereocenters. The van der Waals surface area contributed by atoms with Crippen LogP contribution in [0.2, 0.25) is 0 Å². The molecule has 0 radical (unpaired) electrons. The molecule has 1 aromatic heterocycles. The first-order chi connectivity index (χ1) is 13.2. The topological polar surface area (TPSA) is 34.0 Å². The molecule has 0 aliphatic rings. The molecule has 0 saturated heterocycles. The SMILES string of the molecule is CCCNC(=O)C[C@@H](c1ccccc1)c1cn(CC)c2c(CC)cccc12. The molecule has 0 aliphatic heterocycles. The summed E-state index contributed by atoms with van der Waals surface area (Å²) in [4.78, 5) is 12.6. The van der Waals surface area contributed by atoms with Crippen molar-refractivity contribution in [2.45, 2.75) is 52.5 Å². The van der Waals surface area contributed by atoms with Gasteiger partial charge >= 0.3 is 0 Å². The zero-order chi connectivity index (χ0) is 19.2. The van der Waals surface area contributed by atoms with E-state index in [1.54, 1.807) is 0 Å². The number of nitrogens with one attached hydrogen (secondary N) is 1. The molecule has 0 spiro atoms. The Balaban J connectivity index is 2.11. The van der Waals surface area contributed by atoms with Crippen molar-refractivity contribution in [1.29, 1.82) is 0 Å². The quantitative estimate of drug-likeness (QED) is 0.582. The highest BCUT2D eigenvalue weighted by atomic mass is 16.1. The van der Waals surface area contributed by atoms with Gasteiger partial charge in [-0.3, -0.25) is 4.79 Å². The first-order valence-corrected chi connectivity index (χ1v) is 10.1. The molecule has 1 amide bonds. The number of carbonyl (C=O) groups is 1. The molecule has 0 bridgehead atoms. The van der Waals surface area contributed by atoms with Gasteiger partial charge in [0.1, 0.15) is 0 Å². The number of fused-ring (bicyclic) bond motifs is 1. The highest BCUT2D eigenvalue weighted by Gasteiger charge is 2.23. The highest BCUT2D eigenvalue weighted by Crippen LogP contribution is 2.36. The summed E-state index contributed by atoms with van der Waals surface area (Å²) >= 11 is 0. The van der Waals surface area contributed by atoms with Crippen LogP contribution < -0.4 is 5.32 Å². The van der Waals surface area contributed by atoms with E-state index in [0.29, 0.717) is 6.42 Å². The number of para-hydroxylation sites is 1. The van der Waals surface area contributed by atoms with Crippen molar-refractivity contribution >= 4 is 16.8 Å². The zero-order valence-corrected chi connectivity index (χ0v) is 16.7. The van der Waals surface area contributed by atoms with Gasteiger partial charge in [0.05, 0.1) is 5.52 Å². The summed E-state index contributed by atoms with van der Waals surface area (Å²) < 4.78 is 2.34. The molecule has 3 nitrogen and oxygen atoms in total. The number of hydrogen-bond acceptors (Lipinski definition) is 1. The number of hydrogen-bond donors (Lipinski definition) is 1. The molecule has 1 N–H and O–H groups in total. The Hall–Kier alpha value is -2.55. The van der Waals surface area contributed by atoms with Gasteiger partial charge in [0.2, 0.25) is 5.91 Å². The lowest BCUT2D eigenvalue weighted by molar-refractivity contribution is -0.121. The summed E-state index contributed by atoms with van der Waals surface area (Å²) in [5, 5.41) is 4.32. The summed E-state index contributed by atoms with van der Waals surface area (Å²) in [6.45, 7) is 8.12. The Bertz CT molecular complexity index is 895. The third-order valence-electron chi connectivity index (χ3n) is 5.27. The predicted molar refractivity (Wildman–Crippen MR) is 113 cm³/mol. The fourth-order valence-electron chi connectivity index (χ4n) is 3.89. The smallest absolute Gasteiger partial charge is 0.220 e. The summed E-state index contributed by atoms with van der Waals surface area (Å²) in [5.41, 5.74) is 5.12. The second-order valence-corrected chi connectivity index (χ2v) is 7.05. The van der Waals surface area contributed by atoms with E-state index < -0.39 is 0 Å². The van der Waals surface area contributed by atoms with Crippen LogP contribution >= 0.6 is 0 Å². The largest absolute Gasteiger partial charge is 0.356 e. The fourth-order valence-corrected chi connectivity index (χ4v) is 3.89. The van der Waals surface area contributed by atoms with Crippen molar-refractivity contribution in [1.82, 2.24) is 9.88 Å². The van der Waals surface area contributed by atoms with Crippen LogP contribution in [0.3, 0.4) is 0 Å². The van der Waals surface area contributed by atoms with Crippen molar-refractivity contribution in [2.75, 3.05) is 6.54 Å². The van der Waals surface area contributed by atoms with E-state index in [0.717, 1.165) is 25.9 Å². The summed E-state index contributed by atoms with van der Waals surface area (Å²) in [6.07, 6.45) is 4.70. The third-order valence-corrected chi connectivity index (χ3v) is 5.27. The van der Waals surface area contributed by atoms with Crippen LogP contribution in [0.4, 0.5) is 0 Å². The van der Waals surface area contributed by atoms with Crippen molar-refractivity contribution in [3.05, 3.63) is 71.4 Å². The van der Waals surface area contributed by atoms with E-state index in [1.807, 2.05) is 6.07 Å². The number of nitrogens with zero attached hydrogens (tertiary/aromatic N) is 1. The Morgan fingerprint density at radius 1 is 1.04 bits per heavy atom. The van der Waals surface area contributed by atoms with E-state index in [2.05, 4.69) is 79.3 Å². The first-order valence-electron chi connectivity index (χ1n) is 10.1. The van der Waals surface area contributed by atoms with Gasteiger partial charge < -0.3 is 9.88 Å². The molecule has 0 saturated carbocycles. The van der Waals surface area contributed by atoms with Crippen LogP contribution in [0.1, 0.15) is 56.2 Å². The molecule has 3 heteroatoms. The molecule has 3 aromatic rings. The van der Waals surface area contributed by atoms with Crippen LogP contribution in [0.5, 0.6) is 0 Å².